The lowest BCUT2D eigenvalue weighted by molar-refractivity contribution is 0.0589. The first-order valence-corrected chi connectivity index (χ1v) is 15.2. The van der Waals surface area contributed by atoms with Crippen LogP contribution in [0.3, 0.4) is 0 Å². The molecule has 0 unspecified atom stereocenters. The van der Waals surface area contributed by atoms with Crippen LogP contribution in [-0.2, 0) is 27.6 Å². The SMILES string of the molecule is CCc1ccc(OC[C@@H]2c3cc(OC)c(OC)cc3CCN2C(=O)c2ccc(S(=O)(=O)N3CCOCC3)cc2)cc1. The van der Waals surface area contributed by atoms with Crippen molar-refractivity contribution in [3.8, 4) is 17.2 Å². The largest absolute Gasteiger partial charge is 0.493 e. The standard InChI is InChI=1S/C31H36N2O7S/c1-4-22-5-9-25(10-6-22)40-21-28-27-20-30(38-3)29(37-2)19-24(27)13-14-33(28)31(34)23-7-11-26(12-8-23)41(35,36)32-15-17-39-18-16-32/h5-12,19-20,28H,4,13-18,21H2,1-3H3/t28-/m1/s1. The maximum absolute atomic E-state index is 13.9. The molecule has 10 heteroatoms. The van der Waals surface area contributed by atoms with Gasteiger partial charge in [0.1, 0.15) is 12.4 Å². The molecule has 0 saturated carbocycles. The lowest BCUT2D eigenvalue weighted by atomic mass is 9.91. The summed E-state index contributed by atoms with van der Waals surface area (Å²) >= 11 is 0. The highest BCUT2D eigenvalue weighted by molar-refractivity contribution is 7.89. The Morgan fingerprint density at radius 3 is 2.22 bits per heavy atom. The monoisotopic (exact) mass is 580 g/mol. The maximum Gasteiger partial charge on any atom is 0.254 e. The van der Waals surface area contributed by atoms with Crippen LogP contribution in [0.25, 0.3) is 0 Å². The van der Waals surface area contributed by atoms with Crippen LogP contribution in [0.5, 0.6) is 17.2 Å². The van der Waals surface area contributed by atoms with Gasteiger partial charge in [0.2, 0.25) is 10.0 Å². The van der Waals surface area contributed by atoms with Crippen LogP contribution in [0, 0.1) is 0 Å². The van der Waals surface area contributed by atoms with E-state index in [1.807, 2.05) is 36.4 Å². The summed E-state index contributed by atoms with van der Waals surface area (Å²) in [5.74, 6) is 1.74. The van der Waals surface area contributed by atoms with Gasteiger partial charge in [-0.15, -0.1) is 0 Å². The molecule has 5 rings (SSSR count). The predicted octanol–water partition coefficient (Wildman–Crippen LogP) is 4.11. The number of benzene rings is 3. The number of ether oxygens (including phenoxy) is 4. The van der Waals surface area contributed by atoms with E-state index >= 15 is 0 Å². The minimum absolute atomic E-state index is 0.159. The molecular weight excluding hydrogens is 544 g/mol. The van der Waals surface area contributed by atoms with Gasteiger partial charge in [0.05, 0.1) is 38.4 Å². The van der Waals surface area contributed by atoms with Gasteiger partial charge in [-0.05, 0) is 78.1 Å². The number of carbonyl (C=O) groups excluding carboxylic acids is 1. The smallest absolute Gasteiger partial charge is 0.254 e. The molecule has 2 heterocycles. The zero-order valence-electron chi connectivity index (χ0n) is 23.7. The van der Waals surface area contributed by atoms with Gasteiger partial charge in [-0.25, -0.2) is 8.42 Å². The lowest BCUT2D eigenvalue weighted by Gasteiger charge is -2.37. The number of nitrogens with zero attached hydrogens (tertiary/aromatic N) is 2. The third kappa shape index (κ3) is 6.05. The number of morpholine rings is 1. The van der Waals surface area contributed by atoms with Crippen molar-refractivity contribution in [1.82, 2.24) is 9.21 Å². The Kier molecular flexibility index (Phi) is 8.82. The quantitative estimate of drug-likeness (QED) is 0.376. The third-order valence-electron chi connectivity index (χ3n) is 7.71. The molecule has 0 spiro atoms. The summed E-state index contributed by atoms with van der Waals surface area (Å²) in [5, 5.41) is 0. The molecule has 3 aromatic rings. The molecule has 0 bridgehead atoms. The third-order valence-corrected chi connectivity index (χ3v) is 9.62. The van der Waals surface area contributed by atoms with Gasteiger partial charge in [-0.3, -0.25) is 4.79 Å². The number of carbonyl (C=O) groups is 1. The Morgan fingerprint density at radius 1 is 0.927 bits per heavy atom. The molecule has 0 aliphatic carbocycles. The first-order valence-electron chi connectivity index (χ1n) is 13.8. The second-order valence-electron chi connectivity index (χ2n) is 10.0. The highest BCUT2D eigenvalue weighted by Crippen LogP contribution is 2.39. The van der Waals surface area contributed by atoms with E-state index in [0.717, 1.165) is 23.3 Å². The van der Waals surface area contributed by atoms with E-state index < -0.39 is 16.1 Å². The van der Waals surface area contributed by atoms with Gasteiger partial charge in [-0.1, -0.05) is 19.1 Å². The molecule has 1 fully saturated rings. The van der Waals surface area contributed by atoms with Crippen LogP contribution >= 0.6 is 0 Å². The molecule has 3 aromatic carbocycles. The number of amides is 1. The normalized spacial score (nSPS) is 17.5. The van der Waals surface area contributed by atoms with Crippen molar-refractivity contribution in [1.29, 1.82) is 0 Å². The molecule has 0 N–H and O–H groups in total. The summed E-state index contributed by atoms with van der Waals surface area (Å²) < 4.78 is 50.2. The Bertz CT molecular complexity index is 1470. The first kappa shape index (κ1) is 28.9. The zero-order chi connectivity index (χ0) is 29.0. The van der Waals surface area contributed by atoms with Gasteiger partial charge >= 0.3 is 0 Å². The summed E-state index contributed by atoms with van der Waals surface area (Å²) in [6.45, 7) is 4.18. The van der Waals surface area contributed by atoms with Crippen LogP contribution < -0.4 is 14.2 Å². The average Bonchev–Trinajstić information content (AvgIpc) is 3.03. The Labute approximate surface area is 241 Å². The van der Waals surface area contributed by atoms with Crippen molar-refractivity contribution < 1.29 is 32.2 Å². The molecule has 0 aromatic heterocycles. The molecule has 0 radical (unpaired) electrons. The first-order chi connectivity index (χ1) is 19.8. The van der Waals surface area contributed by atoms with Crippen molar-refractivity contribution >= 4 is 15.9 Å². The van der Waals surface area contributed by atoms with E-state index in [1.54, 1.807) is 31.3 Å². The number of hydrogen-bond acceptors (Lipinski definition) is 7. The number of rotatable bonds is 9. The van der Waals surface area contributed by atoms with Gasteiger partial charge in [-0.2, -0.15) is 4.31 Å². The van der Waals surface area contributed by atoms with Crippen LogP contribution in [0.1, 0.15) is 40.0 Å². The minimum Gasteiger partial charge on any atom is -0.493 e. The molecule has 41 heavy (non-hydrogen) atoms. The minimum atomic E-state index is -3.66. The topological polar surface area (TPSA) is 94.6 Å². The number of sulfonamides is 1. The second kappa shape index (κ2) is 12.5. The lowest BCUT2D eigenvalue weighted by Crippen LogP contribution is -2.42. The van der Waals surface area contributed by atoms with E-state index in [-0.39, 0.29) is 17.4 Å². The van der Waals surface area contributed by atoms with Crippen LogP contribution in [0.15, 0.2) is 65.6 Å². The number of methoxy groups -OCH3 is 2. The number of aryl methyl sites for hydroxylation is 1. The van der Waals surface area contributed by atoms with E-state index in [4.69, 9.17) is 18.9 Å². The summed E-state index contributed by atoms with van der Waals surface area (Å²) in [4.78, 5) is 15.8. The summed E-state index contributed by atoms with van der Waals surface area (Å²) in [6.07, 6.45) is 1.57. The molecule has 218 valence electrons. The van der Waals surface area contributed by atoms with Crippen LogP contribution in [0.4, 0.5) is 0 Å². The van der Waals surface area contributed by atoms with Gasteiger partial charge in [0.15, 0.2) is 11.5 Å². The summed E-state index contributed by atoms with van der Waals surface area (Å²) in [7, 11) is -0.466. The van der Waals surface area contributed by atoms with Gasteiger partial charge in [0.25, 0.3) is 5.91 Å². The van der Waals surface area contributed by atoms with Gasteiger partial charge < -0.3 is 23.8 Å². The van der Waals surface area contributed by atoms with Crippen molar-refractivity contribution in [2.24, 2.45) is 0 Å². The molecule has 1 atom stereocenters. The fraction of sp³-hybridized carbons (Fsp3) is 0.387. The van der Waals surface area contributed by atoms with Gasteiger partial charge in [0, 0.05) is 25.2 Å². The average molecular weight is 581 g/mol. The molecular formula is C31H36N2O7S. The van der Waals surface area contributed by atoms with Crippen molar-refractivity contribution in [2.45, 2.75) is 30.7 Å². The predicted molar refractivity (Wildman–Crippen MR) is 154 cm³/mol. The van der Waals surface area contributed by atoms with E-state index in [0.29, 0.717) is 56.3 Å². The second-order valence-corrected chi connectivity index (χ2v) is 12.0. The van der Waals surface area contributed by atoms with Crippen molar-refractivity contribution in [2.75, 3.05) is 53.7 Å². The highest BCUT2D eigenvalue weighted by atomic mass is 32.2. The van der Waals surface area contributed by atoms with Crippen LogP contribution in [-0.4, -0.2) is 77.2 Å². The van der Waals surface area contributed by atoms with E-state index in [2.05, 4.69) is 6.92 Å². The Morgan fingerprint density at radius 2 is 1.59 bits per heavy atom. The van der Waals surface area contributed by atoms with Crippen molar-refractivity contribution in [3.63, 3.8) is 0 Å². The molecule has 2 aliphatic rings. The molecule has 2 aliphatic heterocycles. The zero-order valence-corrected chi connectivity index (χ0v) is 24.5. The summed E-state index contributed by atoms with van der Waals surface area (Å²) in [6, 6.07) is 17.6. The Hall–Kier alpha value is -3.60. The maximum atomic E-state index is 13.9. The highest BCUT2D eigenvalue weighted by Gasteiger charge is 2.34. The molecule has 1 saturated heterocycles. The van der Waals surface area contributed by atoms with E-state index in [9.17, 15) is 13.2 Å². The van der Waals surface area contributed by atoms with Crippen molar-refractivity contribution in [3.05, 3.63) is 82.9 Å². The molecule has 9 nitrogen and oxygen atoms in total. The number of hydrogen-bond donors (Lipinski definition) is 0. The van der Waals surface area contributed by atoms with Crippen LogP contribution in [0.2, 0.25) is 0 Å². The fourth-order valence-corrected chi connectivity index (χ4v) is 6.73. The Balaban J connectivity index is 1.43. The number of fused-ring (bicyclic) bond motifs is 1. The van der Waals surface area contributed by atoms with E-state index in [1.165, 1.54) is 22.0 Å². The fourth-order valence-electron chi connectivity index (χ4n) is 5.32. The molecule has 1 amide bonds. The summed E-state index contributed by atoms with van der Waals surface area (Å²) in [5.41, 5.74) is 3.62.